The normalized spacial score (nSPS) is 16.1. The average molecular weight is 304 g/mol. The third kappa shape index (κ3) is 1.92. The maximum atomic E-state index is 11.4. The summed E-state index contributed by atoms with van der Waals surface area (Å²) in [5, 5.41) is 0. The van der Waals surface area contributed by atoms with Crippen molar-refractivity contribution in [3.63, 3.8) is 0 Å². The van der Waals surface area contributed by atoms with Gasteiger partial charge in [-0.05, 0) is 40.0 Å². The van der Waals surface area contributed by atoms with E-state index in [4.69, 9.17) is 4.55 Å². The van der Waals surface area contributed by atoms with Crippen LogP contribution in [0, 0.1) is 0 Å². The molecule has 2 rings (SSSR count). The fraction of sp³-hybridized carbons (Fsp3) is 0.300. The van der Waals surface area contributed by atoms with Gasteiger partial charge in [-0.3, -0.25) is 4.79 Å². The van der Waals surface area contributed by atoms with Gasteiger partial charge in [-0.15, -0.1) is 0 Å². The maximum absolute atomic E-state index is 11.4. The zero-order valence-electron chi connectivity index (χ0n) is 8.57. The molecule has 0 saturated heterocycles. The molecule has 4 nitrogen and oxygen atoms in total. The van der Waals surface area contributed by atoms with Crippen LogP contribution in [0.3, 0.4) is 0 Å². The lowest BCUT2D eigenvalue weighted by molar-refractivity contribution is -0.116. The second-order valence-electron chi connectivity index (χ2n) is 3.58. The van der Waals surface area contributed by atoms with Gasteiger partial charge < -0.3 is 9.45 Å². The zero-order chi connectivity index (χ0) is 11.9. The fourth-order valence-corrected chi connectivity index (χ4v) is 3.09. The number of hydrogen-bond acceptors (Lipinski definition) is 2. The van der Waals surface area contributed by atoms with Crippen molar-refractivity contribution in [2.24, 2.45) is 0 Å². The molecule has 1 atom stereocenters. The molecule has 0 bridgehead atoms. The van der Waals surface area contributed by atoms with Crippen molar-refractivity contribution in [3.8, 4) is 0 Å². The molecule has 0 radical (unpaired) electrons. The molecule has 1 heterocycles. The van der Waals surface area contributed by atoms with Gasteiger partial charge >= 0.3 is 0 Å². The van der Waals surface area contributed by atoms with E-state index in [9.17, 15) is 9.00 Å². The molecule has 1 aliphatic rings. The Bertz CT molecular complexity index is 489. The van der Waals surface area contributed by atoms with E-state index >= 15 is 0 Å². The molecule has 0 aliphatic carbocycles. The second-order valence-corrected chi connectivity index (χ2v) is 5.37. The Kier molecular flexibility index (Phi) is 3.14. The van der Waals surface area contributed by atoms with Crippen molar-refractivity contribution in [2.45, 2.75) is 18.2 Å². The van der Waals surface area contributed by atoms with Crippen LogP contribution in [0.4, 0.5) is 5.69 Å². The van der Waals surface area contributed by atoms with Gasteiger partial charge in [0.2, 0.25) is 5.91 Å². The summed E-state index contributed by atoms with van der Waals surface area (Å²) in [7, 11) is 0. The fourth-order valence-electron chi connectivity index (χ4n) is 1.85. The molecule has 1 N–H and O–H groups in total. The minimum absolute atomic E-state index is 0.0456. The quantitative estimate of drug-likeness (QED) is 0.807. The van der Waals surface area contributed by atoms with E-state index < -0.39 is 11.1 Å². The monoisotopic (exact) mass is 303 g/mol. The second kappa shape index (κ2) is 4.27. The van der Waals surface area contributed by atoms with Crippen molar-refractivity contribution >= 4 is 38.6 Å². The van der Waals surface area contributed by atoms with Crippen LogP contribution in [0.1, 0.15) is 12.5 Å². The van der Waals surface area contributed by atoms with Gasteiger partial charge in [0.1, 0.15) is 0 Å². The van der Waals surface area contributed by atoms with E-state index in [2.05, 4.69) is 15.9 Å². The topological polar surface area (TPSA) is 57.6 Å². The molecule has 0 aromatic heterocycles. The van der Waals surface area contributed by atoms with Gasteiger partial charge in [0, 0.05) is 23.6 Å². The van der Waals surface area contributed by atoms with Crippen molar-refractivity contribution in [2.75, 3.05) is 11.4 Å². The summed E-state index contributed by atoms with van der Waals surface area (Å²) >= 11 is 1.21. The molecular formula is C10H10BrNO3S. The SMILES string of the molecule is CC(=O)N1CCc2cc(Br)c(S(=O)O)cc21. The first-order valence-corrected chi connectivity index (χ1v) is 6.62. The zero-order valence-corrected chi connectivity index (χ0v) is 11.0. The summed E-state index contributed by atoms with van der Waals surface area (Å²) in [6, 6.07) is 3.41. The third-order valence-electron chi connectivity index (χ3n) is 2.60. The number of fused-ring (bicyclic) bond motifs is 1. The Morgan fingerprint density at radius 1 is 1.56 bits per heavy atom. The summed E-state index contributed by atoms with van der Waals surface area (Å²) in [5.41, 5.74) is 1.77. The van der Waals surface area contributed by atoms with Gasteiger partial charge in [0.15, 0.2) is 11.1 Å². The van der Waals surface area contributed by atoms with Crippen molar-refractivity contribution < 1.29 is 13.6 Å². The van der Waals surface area contributed by atoms with Gasteiger partial charge in [-0.2, -0.15) is 0 Å². The van der Waals surface area contributed by atoms with Crippen LogP contribution in [-0.4, -0.2) is 21.2 Å². The number of anilines is 1. The molecule has 0 spiro atoms. The summed E-state index contributed by atoms with van der Waals surface area (Å²) in [5.74, 6) is -0.0456. The van der Waals surface area contributed by atoms with Gasteiger partial charge in [0.05, 0.1) is 4.90 Å². The van der Waals surface area contributed by atoms with E-state index in [1.165, 1.54) is 6.92 Å². The van der Waals surface area contributed by atoms with Gasteiger partial charge in [0.25, 0.3) is 0 Å². The summed E-state index contributed by atoms with van der Waals surface area (Å²) in [4.78, 5) is 13.3. The van der Waals surface area contributed by atoms with Crippen LogP contribution in [-0.2, 0) is 22.3 Å². The first kappa shape index (κ1) is 11.8. The lowest BCUT2D eigenvalue weighted by Crippen LogP contribution is -2.25. The number of amides is 1. The Balaban J connectivity index is 2.54. The van der Waals surface area contributed by atoms with Crippen LogP contribution in [0.15, 0.2) is 21.5 Å². The molecule has 1 amide bonds. The van der Waals surface area contributed by atoms with E-state index in [0.29, 0.717) is 15.9 Å². The van der Waals surface area contributed by atoms with Crippen molar-refractivity contribution in [1.29, 1.82) is 0 Å². The largest absolute Gasteiger partial charge is 0.312 e. The Hall–Kier alpha value is -0.720. The highest BCUT2D eigenvalue weighted by Gasteiger charge is 2.24. The predicted molar refractivity (Wildman–Crippen MR) is 64.9 cm³/mol. The molecule has 16 heavy (non-hydrogen) atoms. The van der Waals surface area contributed by atoms with Crippen molar-refractivity contribution in [3.05, 3.63) is 22.2 Å². The predicted octanol–water partition coefficient (Wildman–Crippen LogP) is 1.94. The molecule has 1 unspecified atom stereocenters. The highest BCUT2D eigenvalue weighted by atomic mass is 79.9. The highest BCUT2D eigenvalue weighted by molar-refractivity contribution is 9.10. The van der Waals surface area contributed by atoms with E-state index in [-0.39, 0.29) is 5.91 Å². The number of carbonyl (C=O) groups is 1. The highest BCUT2D eigenvalue weighted by Crippen LogP contribution is 2.34. The lowest BCUT2D eigenvalue weighted by atomic mass is 10.2. The van der Waals surface area contributed by atoms with Crippen molar-refractivity contribution in [1.82, 2.24) is 0 Å². The molecule has 1 aromatic carbocycles. The van der Waals surface area contributed by atoms with E-state index in [1.54, 1.807) is 11.0 Å². The smallest absolute Gasteiger partial charge is 0.223 e. The minimum atomic E-state index is -2.05. The molecule has 86 valence electrons. The Morgan fingerprint density at radius 2 is 2.25 bits per heavy atom. The van der Waals surface area contributed by atoms with Gasteiger partial charge in [-0.1, -0.05) is 0 Å². The molecule has 0 fully saturated rings. The number of nitrogens with zero attached hydrogens (tertiary/aromatic N) is 1. The lowest BCUT2D eigenvalue weighted by Gasteiger charge is -2.15. The standard InChI is InChI=1S/C10H10BrNO3S/c1-6(13)12-3-2-7-4-8(11)10(16(14)15)5-9(7)12/h4-5H,2-3H2,1H3,(H,14,15). The number of benzene rings is 1. The van der Waals surface area contributed by atoms with E-state index in [0.717, 1.165) is 17.7 Å². The Labute approximate surface area is 104 Å². The van der Waals surface area contributed by atoms with Crippen LogP contribution >= 0.6 is 15.9 Å². The first-order valence-electron chi connectivity index (χ1n) is 4.72. The molecule has 1 aromatic rings. The summed E-state index contributed by atoms with van der Waals surface area (Å²) < 4.78 is 20.8. The number of rotatable bonds is 1. The van der Waals surface area contributed by atoms with E-state index in [1.807, 2.05) is 6.07 Å². The molecule has 6 heteroatoms. The summed E-state index contributed by atoms with van der Waals surface area (Å²) in [6.07, 6.45) is 0.784. The molecular weight excluding hydrogens is 294 g/mol. The number of halogens is 1. The average Bonchev–Trinajstić information content (AvgIpc) is 2.58. The molecule has 1 aliphatic heterocycles. The summed E-state index contributed by atoms with van der Waals surface area (Å²) in [6.45, 7) is 2.13. The van der Waals surface area contributed by atoms with Gasteiger partial charge in [-0.25, -0.2) is 4.21 Å². The Morgan fingerprint density at radius 3 is 2.81 bits per heavy atom. The van der Waals surface area contributed by atoms with Crippen LogP contribution in [0.25, 0.3) is 0 Å². The van der Waals surface area contributed by atoms with Crippen LogP contribution in [0.5, 0.6) is 0 Å². The maximum Gasteiger partial charge on any atom is 0.223 e. The first-order chi connectivity index (χ1) is 7.50. The molecule has 0 saturated carbocycles. The third-order valence-corrected chi connectivity index (χ3v) is 4.23. The van der Waals surface area contributed by atoms with Crippen LogP contribution < -0.4 is 4.90 Å². The number of carbonyl (C=O) groups excluding carboxylic acids is 1. The number of hydrogen-bond donors (Lipinski definition) is 1. The van der Waals surface area contributed by atoms with Crippen LogP contribution in [0.2, 0.25) is 0 Å². The minimum Gasteiger partial charge on any atom is -0.312 e.